The second-order valence-corrected chi connectivity index (χ2v) is 6.41. The average molecular weight is 322 g/mol. The molecule has 0 saturated carbocycles. The van der Waals surface area contributed by atoms with Crippen molar-refractivity contribution in [1.82, 2.24) is 5.32 Å². The molecular formula is C20H22N2O2. The molecule has 2 amide bonds. The number of anilines is 1. The Kier molecular flexibility index (Phi) is 4.94. The number of amides is 2. The van der Waals surface area contributed by atoms with Gasteiger partial charge in [-0.15, -0.1) is 0 Å². The number of hydrogen-bond acceptors (Lipinski definition) is 2. The van der Waals surface area contributed by atoms with Gasteiger partial charge in [0.05, 0.1) is 0 Å². The number of carbonyl (C=O) groups is 2. The Hall–Kier alpha value is -2.62. The van der Waals surface area contributed by atoms with Crippen molar-refractivity contribution in [3.63, 3.8) is 0 Å². The Morgan fingerprint density at radius 1 is 1.12 bits per heavy atom. The van der Waals surface area contributed by atoms with Crippen molar-refractivity contribution in [2.75, 3.05) is 5.32 Å². The summed E-state index contributed by atoms with van der Waals surface area (Å²) in [5.74, 6) is -0.387. The third-order valence-corrected chi connectivity index (χ3v) is 4.36. The van der Waals surface area contributed by atoms with E-state index in [1.54, 1.807) is 0 Å². The van der Waals surface area contributed by atoms with Gasteiger partial charge in [-0.1, -0.05) is 48.5 Å². The molecule has 0 aliphatic carbocycles. The normalized spacial score (nSPS) is 20.3. The van der Waals surface area contributed by atoms with E-state index >= 15 is 0 Å². The summed E-state index contributed by atoms with van der Waals surface area (Å²) in [6.07, 6.45) is 1.70. The van der Waals surface area contributed by atoms with Crippen LogP contribution in [0.15, 0.2) is 54.6 Å². The fourth-order valence-corrected chi connectivity index (χ4v) is 3.17. The first kappa shape index (κ1) is 16.2. The summed E-state index contributed by atoms with van der Waals surface area (Å²) in [6, 6.07) is 18.0. The zero-order valence-corrected chi connectivity index (χ0v) is 13.8. The van der Waals surface area contributed by atoms with Gasteiger partial charge in [-0.3, -0.25) is 9.59 Å². The van der Waals surface area contributed by atoms with Crippen molar-refractivity contribution in [1.29, 1.82) is 0 Å². The van der Waals surface area contributed by atoms with Gasteiger partial charge in [0, 0.05) is 24.1 Å². The summed E-state index contributed by atoms with van der Waals surface area (Å²) in [5, 5.41) is 5.88. The molecule has 1 aliphatic heterocycles. The molecule has 0 spiro atoms. The first-order chi connectivity index (χ1) is 11.6. The predicted molar refractivity (Wildman–Crippen MR) is 94.6 cm³/mol. The molecule has 0 aromatic heterocycles. The van der Waals surface area contributed by atoms with Crippen LogP contribution >= 0.6 is 0 Å². The van der Waals surface area contributed by atoms with Gasteiger partial charge in [0.25, 0.3) is 0 Å². The lowest BCUT2D eigenvalue weighted by atomic mass is 9.91. The van der Waals surface area contributed by atoms with E-state index < -0.39 is 0 Å². The maximum Gasteiger partial charge on any atom is 0.228 e. The minimum Gasteiger partial charge on any atom is -0.354 e. The zero-order chi connectivity index (χ0) is 16.9. The lowest BCUT2D eigenvalue weighted by Gasteiger charge is -2.26. The Morgan fingerprint density at radius 2 is 1.83 bits per heavy atom. The van der Waals surface area contributed by atoms with Crippen LogP contribution in [-0.4, -0.2) is 17.9 Å². The minimum absolute atomic E-state index is 0.0431. The lowest BCUT2D eigenvalue weighted by molar-refractivity contribution is -0.130. The largest absolute Gasteiger partial charge is 0.354 e. The average Bonchev–Trinajstić information content (AvgIpc) is 2.56. The van der Waals surface area contributed by atoms with Crippen molar-refractivity contribution in [3.05, 3.63) is 65.7 Å². The molecule has 124 valence electrons. The Morgan fingerprint density at radius 3 is 2.58 bits per heavy atom. The van der Waals surface area contributed by atoms with Gasteiger partial charge in [0.2, 0.25) is 11.8 Å². The summed E-state index contributed by atoms with van der Waals surface area (Å²) in [5.41, 5.74) is 3.10. The maximum absolute atomic E-state index is 12.6. The monoisotopic (exact) mass is 322 g/mol. The van der Waals surface area contributed by atoms with E-state index in [1.165, 1.54) is 5.56 Å². The molecule has 2 aromatic carbocycles. The Labute approximate surface area is 142 Å². The highest BCUT2D eigenvalue weighted by Gasteiger charge is 2.29. The SMILES string of the molecule is C[C@@H]1C[C@H](C(=O)Nc2ccccc2Cc2ccccc2)CC(=O)N1. The van der Waals surface area contributed by atoms with Crippen molar-refractivity contribution in [2.45, 2.75) is 32.2 Å². The molecule has 2 aromatic rings. The molecule has 1 aliphatic rings. The molecule has 0 unspecified atom stereocenters. The quantitative estimate of drug-likeness (QED) is 0.908. The molecule has 0 bridgehead atoms. The molecular weight excluding hydrogens is 300 g/mol. The summed E-state index contributed by atoms with van der Waals surface area (Å²) in [4.78, 5) is 24.2. The molecule has 3 rings (SSSR count). The van der Waals surface area contributed by atoms with E-state index in [0.29, 0.717) is 6.42 Å². The minimum atomic E-state index is -0.265. The van der Waals surface area contributed by atoms with Gasteiger partial charge < -0.3 is 10.6 Å². The highest BCUT2D eigenvalue weighted by molar-refractivity contribution is 5.96. The topological polar surface area (TPSA) is 58.2 Å². The first-order valence-electron chi connectivity index (χ1n) is 8.34. The number of para-hydroxylation sites is 1. The maximum atomic E-state index is 12.6. The summed E-state index contributed by atoms with van der Waals surface area (Å²) in [7, 11) is 0. The standard InChI is InChI=1S/C20H22N2O2/c1-14-11-17(13-19(23)21-14)20(24)22-18-10-6-5-9-16(18)12-15-7-3-2-4-8-15/h2-10,14,17H,11-13H2,1H3,(H,21,23)(H,22,24)/t14-,17+/m1/s1. The van der Waals surface area contributed by atoms with Crippen molar-refractivity contribution in [3.8, 4) is 0 Å². The van der Waals surface area contributed by atoms with E-state index in [2.05, 4.69) is 22.8 Å². The number of nitrogens with one attached hydrogen (secondary N) is 2. The second-order valence-electron chi connectivity index (χ2n) is 6.41. The van der Waals surface area contributed by atoms with Crippen LogP contribution in [0.4, 0.5) is 5.69 Å². The number of piperidine rings is 1. The Balaban J connectivity index is 1.73. The lowest BCUT2D eigenvalue weighted by Crippen LogP contribution is -2.44. The third kappa shape index (κ3) is 4.02. The summed E-state index contributed by atoms with van der Waals surface area (Å²) in [6.45, 7) is 1.93. The number of rotatable bonds is 4. The fraction of sp³-hybridized carbons (Fsp3) is 0.300. The van der Waals surface area contributed by atoms with Crippen LogP contribution in [0.3, 0.4) is 0 Å². The second kappa shape index (κ2) is 7.30. The molecule has 24 heavy (non-hydrogen) atoms. The molecule has 4 nitrogen and oxygen atoms in total. The number of carbonyl (C=O) groups excluding carboxylic acids is 2. The van der Waals surface area contributed by atoms with Gasteiger partial charge in [0.15, 0.2) is 0 Å². The fourth-order valence-electron chi connectivity index (χ4n) is 3.17. The molecule has 4 heteroatoms. The van der Waals surface area contributed by atoms with Crippen molar-refractivity contribution < 1.29 is 9.59 Å². The van der Waals surface area contributed by atoms with Gasteiger partial charge in [0.1, 0.15) is 0 Å². The summed E-state index contributed by atoms with van der Waals surface area (Å²) < 4.78 is 0. The molecule has 1 fully saturated rings. The highest BCUT2D eigenvalue weighted by Crippen LogP contribution is 2.23. The van der Waals surface area contributed by atoms with E-state index in [4.69, 9.17) is 0 Å². The molecule has 1 saturated heterocycles. The van der Waals surface area contributed by atoms with E-state index in [-0.39, 0.29) is 30.2 Å². The van der Waals surface area contributed by atoms with E-state index in [0.717, 1.165) is 17.7 Å². The molecule has 0 radical (unpaired) electrons. The Bertz CT molecular complexity index is 727. The van der Waals surface area contributed by atoms with Crippen LogP contribution in [0.2, 0.25) is 0 Å². The third-order valence-electron chi connectivity index (χ3n) is 4.36. The van der Waals surface area contributed by atoms with Crippen LogP contribution in [0.5, 0.6) is 0 Å². The molecule has 1 heterocycles. The van der Waals surface area contributed by atoms with Crippen LogP contribution in [0.25, 0.3) is 0 Å². The predicted octanol–water partition coefficient (Wildman–Crippen LogP) is 3.13. The van der Waals surface area contributed by atoms with Gasteiger partial charge >= 0.3 is 0 Å². The van der Waals surface area contributed by atoms with Crippen LogP contribution in [-0.2, 0) is 16.0 Å². The van der Waals surface area contributed by atoms with Gasteiger partial charge in [-0.05, 0) is 37.0 Å². The first-order valence-corrected chi connectivity index (χ1v) is 8.34. The zero-order valence-electron chi connectivity index (χ0n) is 13.8. The molecule has 2 atom stereocenters. The van der Waals surface area contributed by atoms with Crippen molar-refractivity contribution >= 4 is 17.5 Å². The van der Waals surface area contributed by atoms with Gasteiger partial charge in [-0.2, -0.15) is 0 Å². The smallest absolute Gasteiger partial charge is 0.228 e. The summed E-state index contributed by atoms with van der Waals surface area (Å²) >= 11 is 0. The van der Waals surface area contributed by atoms with Crippen LogP contribution in [0, 0.1) is 5.92 Å². The van der Waals surface area contributed by atoms with Crippen LogP contribution < -0.4 is 10.6 Å². The van der Waals surface area contributed by atoms with Crippen LogP contribution in [0.1, 0.15) is 30.9 Å². The van der Waals surface area contributed by atoms with Gasteiger partial charge in [-0.25, -0.2) is 0 Å². The highest BCUT2D eigenvalue weighted by atomic mass is 16.2. The van der Waals surface area contributed by atoms with E-state index in [9.17, 15) is 9.59 Å². The molecule has 2 N–H and O–H groups in total. The number of hydrogen-bond donors (Lipinski definition) is 2. The van der Waals surface area contributed by atoms with E-state index in [1.807, 2.05) is 49.4 Å². The number of benzene rings is 2. The van der Waals surface area contributed by atoms with Crippen molar-refractivity contribution in [2.24, 2.45) is 5.92 Å².